The maximum atomic E-state index is 8.64. The monoisotopic (exact) mass is 209 g/mol. The molecule has 12 heavy (non-hydrogen) atoms. The van der Waals surface area contributed by atoms with Crippen LogP contribution < -0.4 is 0 Å². The molecule has 0 rings (SSSR count). The van der Waals surface area contributed by atoms with Crippen LogP contribution in [0.15, 0.2) is 0 Å². The summed E-state index contributed by atoms with van der Waals surface area (Å²) >= 11 is 0. The van der Waals surface area contributed by atoms with Gasteiger partial charge in [-0.3, -0.25) is 4.90 Å². The number of rotatable bonds is 7. The molecule has 0 aromatic heterocycles. The van der Waals surface area contributed by atoms with Gasteiger partial charge in [-0.15, -0.1) is 0 Å². The Morgan fingerprint density at radius 2 is 1.50 bits per heavy atom. The molecule has 4 heteroatoms. The largest absolute Gasteiger partial charge is 0.395 e. The average molecular weight is 209 g/mol. The Morgan fingerprint density at radius 3 is 1.83 bits per heavy atom. The van der Waals surface area contributed by atoms with Crippen molar-refractivity contribution in [3.63, 3.8) is 0 Å². The van der Waals surface area contributed by atoms with Crippen molar-refractivity contribution in [2.24, 2.45) is 0 Å². The molecule has 0 unspecified atom stereocenters. The number of unbranched alkanes of at least 4 members (excludes halogenated alkanes) is 1. The molecule has 0 aromatic carbocycles. The molecular formula is C8H19NO2Ti. The standard InChI is InChI=1S/C8H19NO2.Ti/c1-2-3-4-9(5-7-10)6-8-11;/h10-11H,2-8H2,1H3;. The molecular weight excluding hydrogens is 190 g/mol. The maximum Gasteiger partial charge on any atom is 0.0558 e. The summed E-state index contributed by atoms with van der Waals surface area (Å²) in [5.41, 5.74) is 0. The smallest absolute Gasteiger partial charge is 0.0558 e. The van der Waals surface area contributed by atoms with Crippen molar-refractivity contribution in [1.29, 1.82) is 0 Å². The molecule has 0 aliphatic carbocycles. The van der Waals surface area contributed by atoms with Gasteiger partial charge in [0, 0.05) is 34.8 Å². The van der Waals surface area contributed by atoms with E-state index in [1.165, 1.54) is 0 Å². The van der Waals surface area contributed by atoms with Crippen molar-refractivity contribution in [2.45, 2.75) is 19.8 Å². The van der Waals surface area contributed by atoms with Gasteiger partial charge in [-0.1, -0.05) is 13.3 Å². The van der Waals surface area contributed by atoms with Gasteiger partial charge in [0.05, 0.1) is 13.2 Å². The minimum atomic E-state index is 0. The van der Waals surface area contributed by atoms with Crippen LogP contribution >= 0.6 is 0 Å². The first kappa shape index (κ1) is 15.1. The molecule has 0 saturated carbocycles. The molecule has 0 amide bonds. The van der Waals surface area contributed by atoms with Crippen LogP contribution in [0.3, 0.4) is 0 Å². The van der Waals surface area contributed by atoms with E-state index in [1.54, 1.807) is 0 Å². The van der Waals surface area contributed by atoms with Gasteiger partial charge in [0.2, 0.25) is 0 Å². The van der Waals surface area contributed by atoms with Crippen LogP contribution in [0.5, 0.6) is 0 Å². The molecule has 0 bridgehead atoms. The number of hydrogen-bond acceptors (Lipinski definition) is 3. The van der Waals surface area contributed by atoms with Gasteiger partial charge in [0.25, 0.3) is 0 Å². The zero-order chi connectivity index (χ0) is 8.53. The quantitative estimate of drug-likeness (QED) is 0.583. The Labute approximate surface area is 89.6 Å². The summed E-state index contributed by atoms with van der Waals surface area (Å²) in [5.74, 6) is 0. The fourth-order valence-corrected chi connectivity index (χ4v) is 1.000. The van der Waals surface area contributed by atoms with Gasteiger partial charge in [-0.25, -0.2) is 0 Å². The summed E-state index contributed by atoms with van der Waals surface area (Å²) < 4.78 is 0. The van der Waals surface area contributed by atoms with Crippen molar-refractivity contribution in [3.8, 4) is 0 Å². The topological polar surface area (TPSA) is 43.7 Å². The van der Waals surface area contributed by atoms with Gasteiger partial charge in [-0.2, -0.15) is 0 Å². The Morgan fingerprint density at radius 1 is 1.00 bits per heavy atom. The average Bonchev–Trinajstić information content (AvgIpc) is 2.01. The molecule has 3 nitrogen and oxygen atoms in total. The van der Waals surface area contributed by atoms with Crippen molar-refractivity contribution >= 4 is 0 Å². The minimum absolute atomic E-state index is 0. The van der Waals surface area contributed by atoms with Crippen LogP contribution in [0, 0.1) is 0 Å². The zero-order valence-corrected chi connectivity index (χ0v) is 9.35. The summed E-state index contributed by atoms with van der Waals surface area (Å²) in [6, 6.07) is 0. The molecule has 0 atom stereocenters. The molecule has 0 radical (unpaired) electrons. The van der Waals surface area contributed by atoms with Crippen LogP contribution in [0.4, 0.5) is 0 Å². The predicted molar refractivity (Wildman–Crippen MR) is 45.5 cm³/mol. The van der Waals surface area contributed by atoms with Crippen LogP contribution in [0.2, 0.25) is 0 Å². The van der Waals surface area contributed by atoms with E-state index in [2.05, 4.69) is 11.8 Å². The van der Waals surface area contributed by atoms with E-state index < -0.39 is 0 Å². The van der Waals surface area contributed by atoms with Crippen LogP contribution in [-0.4, -0.2) is 48.0 Å². The minimum Gasteiger partial charge on any atom is -0.395 e. The second-order valence-corrected chi connectivity index (χ2v) is 2.64. The van der Waals surface area contributed by atoms with Gasteiger partial charge in [-0.05, 0) is 13.0 Å². The van der Waals surface area contributed by atoms with Crippen molar-refractivity contribution < 1.29 is 31.9 Å². The Hall–Kier alpha value is 0.594. The van der Waals surface area contributed by atoms with E-state index in [9.17, 15) is 0 Å². The number of aliphatic hydroxyl groups is 2. The van der Waals surface area contributed by atoms with E-state index in [0.717, 1.165) is 19.4 Å². The molecule has 72 valence electrons. The van der Waals surface area contributed by atoms with E-state index in [0.29, 0.717) is 13.1 Å². The first-order chi connectivity index (χ1) is 5.35. The van der Waals surface area contributed by atoms with Gasteiger partial charge in [0.15, 0.2) is 0 Å². The molecule has 0 spiro atoms. The van der Waals surface area contributed by atoms with E-state index in [1.807, 2.05) is 0 Å². The summed E-state index contributed by atoms with van der Waals surface area (Å²) in [7, 11) is 0. The molecule has 0 heterocycles. The summed E-state index contributed by atoms with van der Waals surface area (Å²) in [4.78, 5) is 2.07. The summed E-state index contributed by atoms with van der Waals surface area (Å²) in [5, 5.41) is 17.3. The van der Waals surface area contributed by atoms with Crippen LogP contribution in [-0.2, 0) is 21.7 Å². The van der Waals surface area contributed by atoms with Crippen molar-refractivity contribution in [3.05, 3.63) is 0 Å². The summed E-state index contributed by atoms with van der Waals surface area (Å²) in [6.45, 7) is 4.85. The molecule has 0 fully saturated rings. The van der Waals surface area contributed by atoms with E-state index >= 15 is 0 Å². The third-order valence-corrected chi connectivity index (χ3v) is 1.66. The Bertz CT molecular complexity index is 77.5. The fraction of sp³-hybridized carbons (Fsp3) is 1.00. The van der Waals surface area contributed by atoms with Gasteiger partial charge < -0.3 is 10.2 Å². The van der Waals surface area contributed by atoms with Crippen molar-refractivity contribution in [2.75, 3.05) is 32.8 Å². The molecule has 0 aliphatic heterocycles. The summed E-state index contributed by atoms with van der Waals surface area (Å²) in [6.07, 6.45) is 2.30. The molecule has 0 aliphatic rings. The number of aliphatic hydroxyl groups excluding tert-OH is 2. The van der Waals surface area contributed by atoms with Crippen LogP contribution in [0.1, 0.15) is 19.8 Å². The first-order valence-corrected chi connectivity index (χ1v) is 4.29. The Kier molecular flexibility index (Phi) is 14.6. The van der Waals surface area contributed by atoms with E-state index in [-0.39, 0.29) is 34.9 Å². The third-order valence-electron chi connectivity index (χ3n) is 1.66. The van der Waals surface area contributed by atoms with Crippen molar-refractivity contribution in [1.82, 2.24) is 4.90 Å². The number of hydrogen-bond donors (Lipinski definition) is 2. The van der Waals surface area contributed by atoms with Gasteiger partial charge in [0.1, 0.15) is 0 Å². The predicted octanol–water partition coefficient (Wildman–Crippen LogP) is 0.0706. The second-order valence-electron chi connectivity index (χ2n) is 2.64. The zero-order valence-electron chi connectivity index (χ0n) is 7.79. The molecule has 2 N–H and O–H groups in total. The maximum absolute atomic E-state index is 8.64. The van der Waals surface area contributed by atoms with Gasteiger partial charge >= 0.3 is 0 Å². The number of nitrogens with zero attached hydrogens (tertiary/aromatic N) is 1. The Balaban J connectivity index is 0. The molecule has 0 saturated heterocycles. The normalized spacial score (nSPS) is 10.0. The second kappa shape index (κ2) is 11.6. The molecule has 0 aromatic rings. The fourth-order valence-electron chi connectivity index (χ4n) is 1.000. The first-order valence-electron chi connectivity index (χ1n) is 4.29. The van der Waals surface area contributed by atoms with Crippen LogP contribution in [0.25, 0.3) is 0 Å². The van der Waals surface area contributed by atoms with E-state index in [4.69, 9.17) is 10.2 Å². The third kappa shape index (κ3) is 8.69. The SMILES string of the molecule is CCCCN(CCO)CCO.[Ti].